The van der Waals surface area contributed by atoms with E-state index in [1.165, 1.54) is 31.4 Å². The fraction of sp³-hybridized carbons (Fsp3) is 0.0714. The molecule has 3 aromatic rings. The van der Waals surface area contributed by atoms with E-state index in [1.54, 1.807) is 6.07 Å². The molecule has 3 rings (SSSR count). The Balaban J connectivity index is 1.98. The lowest BCUT2D eigenvalue weighted by Crippen LogP contribution is -1.88. The quantitative estimate of drug-likeness (QED) is 0.741. The smallest absolute Gasteiger partial charge is 0.276 e. The molecule has 2 heterocycles. The maximum absolute atomic E-state index is 13.5. The first-order chi connectivity index (χ1) is 10.2. The first-order valence-electron chi connectivity index (χ1n) is 5.96. The third kappa shape index (κ3) is 2.71. The largest absolute Gasteiger partial charge is 0.497 e. The molecule has 0 saturated carbocycles. The van der Waals surface area contributed by atoms with E-state index in [0.29, 0.717) is 17.0 Å². The van der Waals surface area contributed by atoms with Crippen LogP contribution in [0.25, 0.3) is 23.0 Å². The van der Waals surface area contributed by atoms with E-state index in [4.69, 9.17) is 9.26 Å². The average Bonchev–Trinajstić information content (AvgIpc) is 2.97. The first-order valence-corrected chi connectivity index (χ1v) is 5.96. The molecule has 0 atom stereocenters. The van der Waals surface area contributed by atoms with Crippen molar-refractivity contribution in [1.82, 2.24) is 15.1 Å². The molecule has 21 heavy (non-hydrogen) atoms. The Morgan fingerprint density at radius 3 is 2.67 bits per heavy atom. The summed E-state index contributed by atoms with van der Waals surface area (Å²) in [6.45, 7) is 0. The minimum Gasteiger partial charge on any atom is -0.497 e. The van der Waals surface area contributed by atoms with E-state index < -0.39 is 11.6 Å². The monoisotopic (exact) mass is 289 g/mol. The molecule has 0 N–H and O–H groups in total. The fourth-order valence-electron chi connectivity index (χ4n) is 1.76. The van der Waals surface area contributed by atoms with Crippen molar-refractivity contribution in [3.63, 3.8) is 0 Å². The molecular formula is C14H9F2N3O2. The summed E-state index contributed by atoms with van der Waals surface area (Å²) in [4.78, 5) is 7.95. The number of hydrogen-bond donors (Lipinski definition) is 0. The summed E-state index contributed by atoms with van der Waals surface area (Å²) in [6, 6.07) is 6.73. The standard InChI is InChI=1S/C14H9F2N3O2/c1-20-11-5-8(4-10(16)6-11)13-18-14(21-19-13)12-3-2-9(15)7-17-12/h2-7H,1H3. The fourth-order valence-corrected chi connectivity index (χ4v) is 1.76. The molecular weight excluding hydrogens is 280 g/mol. The maximum Gasteiger partial charge on any atom is 0.276 e. The molecule has 0 saturated heterocycles. The van der Waals surface area contributed by atoms with Crippen LogP contribution in [0.15, 0.2) is 41.1 Å². The van der Waals surface area contributed by atoms with Gasteiger partial charge in [-0.15, -0.1) is 0 Å². The van der Waals surface area contributed by atoms with Crippen molar-refractivity contribution < 1.29 is 18.0 Å². The first kappa shape index (κ1) is 13.2. The van der Waals surface area contributed by atoms with Gasteiger partial charge in [0.2, 0.25) is 5.82 Å². The second kappa shape index (κ2) is 5.28. The van der Waals surface area contributed by atoms with Crippen molar-refractivity contribution in [2.45, 2.75) is 0 Å². The molecule has 7 heteroatoms. The van der Waals surface area contributed by atoms with Crippen molar-refractivity contribution >= 4 is 0 Å². The van der Waals surface area contributed by atoms with Gasteiger partial charge in [-0.2, -0.15) is 4.98 Å². The van der Waals surface area contributed by atoms with Gasteiger partial charge in [-0.05, 0) is 24.3 Å². The van der Waals surface area contributed by atoms with Crippen LogP contribution >= 0.6 is 0 Å². The summed E-state index contributed by atoms with van der Waals surface area (Å²) in [6.07, 6.45) is 1.05. The van der Waals surface area contributed by atoms with Crippen LogP contribution in [0.2, 0.25) is 0 Å². The molecule has 0 aliphatic heterocycles. The second-order valence-corrected chi connectivity index (χ2v) is 4.16. The number of pyridine rings is 1. The molecule has 0 fully saturated rings. The highest BCUT2D eigenvalue weighted by molar-refractivity contribution is 5.59. The Hall–Kier alpha value is -2.83. The molecule has 0 spiro atoms. The number of rotatable bonds is 3. The molecule has 2 aromatic heterocycles. The summed E-state index contributed by atoms with van der Waals surface area (Å²) >= 11 is 0. The van der Waals surface area contributed by atoms with Gasteiger partial charge in [-0.1, -0.05) is 5.16 Å². The highest BCUT2D eigenvalue weighted by Gasteiger charge is 2.13. The molecule has 106 valence electrons. The zero-order valence-corrected chi connectivity index (χ0v) is 10.9. The number of benzene rings is 1. The van der Waals surface area contributed by atoms with Gasteiger partial charge < -0.3 is 9.26 Å². The Morgan fingerprint density at radius 1 is 1.10 bits per heavy atom. The molecule has 5 nitrogen and oxygen atoms in total. The molecule has 0 amide bonds. The third-order valence-corrected chi connectivity index (χ3v) is 2.74. The van der Waals surface area contributed by atoms with E-state index in [0.717, 1.165) is 6.20 Å². The molecule has 0 aliphatic rings. The zero-order valence-electron chi connectivity index (χ0n) is 10.9. The van der Waals surface area contributed by atoms with Crippen LogP contribution in [0.4, 0.5) is 8.78 Å². The Labute approximate surface area is 118 Å². The highest BCUT2D eigenvalue weighted by atomic mass is 19.1. The van der Waals surface area contributed by atoms with Crippen LogP contribution in [0, 0.1) is 11.6 Å². The summed E-state index contributed by atoms with van der Waals surface area (Å²) in [5.74, 6) is -0.289. The Morgan fingerprint density at radius 2 is 1.95 bits per heavy atom. The van der Waals surface area contributed by atoms with Crippen molar-refractivity contribution in [3.8, 4) is 28.7 Å². The van der Waals surface area contributed by atoms with Gasteiger partial charge >= 0.3 is 0 Å². The van der Waals surface area contributed by atoms with Crippen molar-refractivity contribution in [3.05, 3.63) is 48.2 Å². The van der Waals surface area contributed by atoms with Gasteiger partial charge in [0.1, 0.15) is 23.1 Å². The van der Waals surface area contributed by atoms with Crippen LogP contribution in [0.5, 0.6) is 5.75 Å². The van der Waals surface area contributed by atoms with Gasteiger partial charge in [0.15, 0.2) is 0 Å². The topological polar surface area (TPSA) is 61.0 Å². The molecule has 0 bridgehead atoms. The third-order valence-electron chi connectivity index (χ3n) is 2.74. The lowest BCUT2D eigenvalue weighted by Gasteiger charge is -2.01. The Kier molecular flexibility index (Phi) is 3.31. The summed E-state index contributed by atoms with van der Waals surface area (Å²) in [7, 11) is 1.43. The van der Waals surface area contributed by atoms with Gasteiger partial charge in [0.05, 0.1) is 13.3 Å². The Bertz CT molecular complexity index is 772. The second-order valence-electron chi connectivity index (χ2n) is 4.16. The van der Waals surface area contributed by atoms with E-state index in [9.17, 15) is 8.78 Å². The van der Waals surface area contributed by atoms with Crippen molar-refractivity contribution in [2.24, 2.45) is 0 Å². The van der Waals surface area contributed by atoms with Crippen molar-refractivity contribution in [1.29, 1.82) is 0 Å². The molecule has 1 aromatic carbocycles. The summed E-state index contributed by atoms with van der Waals surface area (Å²) in [5.41, 5.74) is 0.738. The minimum atomic E-state index is -0.476. The van der Waals surface area contributed by atoms with E-state index >= 15 is 0 Å². The number of methoxy groups -OCH3 is 1. The lowest BCUT2D eigenvalue weighted by molar-refractivity contribution is 0.411. The van der Waals surface area contributed by atoms with Gasteiger partial charge in [-0.3, -0.25) is 0 Å². The van der Waals surface area contributed by atoms with Crippen LogP contribution in [-0.4, -0.2) is 22.2 Å². The maximum atomic E-state index is 13.5. The minimum absolute atomic E-state index is 0.119. The predicted octanol–water partition coefficient (Wildman–Crippen LogP) is 3.09. The van der Waals surface area contributed by atoms with E-state index in [1.807, 2.05) is 0 Å². The average molecular weight is 289 g/mol. The van der Waals surface area contributed by atoms with Crippen LogP contribution in [-0.2, 0) is 0 Å². The zero-order chi connectivity index (χ0) is 14.8. The molecule has 0 aliphatic carbocycles. The van der Waals surface area contributed by atoms with Crippen LogP contribution in [0.3, 0.4) is 0 Å². The number of hydrogen-bond acceptors (Lipinski definition) is 5. The summed E-state index contributed by atoms with van der Waals surface area (Å²) < 4.78 is 36.3. The normalized spacial score (nSPS) is 10.6. The summed E-state index contributed by atoms with van der Waals surface area (Å²) in [5, 5.41) is 3.76. The van der Waals surface area contributed by atoms with Crippen LogP contribution < -0.4 is 4.74 Å². The number of halogens is 2. The number of nitrogens with zero attached hydrogens (tertiary/aromatic N) is 3. The lowest BCUT2D eigenvalue weighted by atomic mass is 10.2. The van der Waals surface area contributed by atoms with Gasteiger partial charge in [0.25, 0.3) is 5.89 Å². The highest BCUT2D eigenvalue weighted by Crippen LogP contribution is 2.25. The van der Waals surface area contributed by atoms with E-state index in [2.05, 4.69) is 15.1 Å². The molecule has 0 unspecified atom stereocenters. The SMILES string of the molecule is COc1cc(F)cc(-c2noc(-c3ccc(F)cn3)n2)c1. The number of aromatic nitrogens is 3. The van der Waals surface area contributed by atoms with Crippen LogP contribution in [0.1, 0.15) is 0 Å². The van der Waals surface area contributed by atoms with Gasteiger partial charge in [-0.25, -0.2) is 13.8 Å². The molecule has 0 radical (unpaired) electrons. The predicted molar refractivity (Wildman–Crippen MR) is 69.4 cm³/mol. The number of ether oxygens (including phenoxy) is 1. The van der Waals surface area contributed by atoms with Gasteiger partial charge in [0, 0.05) is 11.6 Å². The van der Waals surface area contributed by atoms with Crippen molar-refractivity contribution in [2.75, 3.05) is 7.11 Å². The van der Waals surface area contributed by atoms with E-state index in [-0.39, 0.29) is 11.7 Å².